The molecular weight excluding hydrogens is 432 g/mol. The van der Waals surface area contributed by atoms with Gasteiger partial charge >= 0.3 is 0 Å². The predicted molar refractivity (Wildman–Crippen MR) is 146 cm³/mol. The van der Waals surface area contributed by atoms with Crippen molar-refractivity contribution in [2.24, 2.45) is 0 Å². The second-order valence-electron chi connectivity index (χ2n) is 12.1. The molecule has 6 nitrogen and oxygen atoms in total. The molecule has 0 aliphatic carbocycles. The minimum Gasteiger partial charge on any atom is -0.221 e. The standard InChI is InChI=1S/C29H48N6/c1-17(2)23-14-26(20(7)8)33(30-23)29(13,34-27(21(9)10)15-24(31-34)18(3)4)35-28(22(11)12)16-25(32-35)19(5)6/h14-22H,1-13H3. The summed E-state index contributed by atoms with van der Waals surface area (Å²) in [7, 11) is 0. The van der Waals surface area contributed by atoms with Crippen molar-refractivity contribution in [3.8, 4) is 0 Å². The van der Waals surface area contributed by atoms with E-state index in [1.165, 1.54) is 17.1 Å². The molecule has 0 aliphatic heterocycles. The molecule has 0 atom stereocenters. The second-order valence-corrected chi connectivity index (χ2v) is 12.1. The summed E-state index contributed by atoms with van der Waals surface area (Å²) in [5, 5.41) is 15.8. The monoisotopic (exact) mass is 480 g/mol. The lowest BCUT2D eigenvalue weighted by Gasteiger charge is -2.37. The van der Waals surface area contributed by atoms with E-state index in [-0.39, 0.29) is 0 Å². The minimum absolute atomic E-state index is 0.305. The van der Waals surface area contributed by atoms with Gasteiger partial charge in [0.1, 0.15) is 0 Å². The number of rotatable bonds is 9. The Kier molecular flexibility index (Phi) is 7.73. The summed E-state index contributed by atoms with van der Waals surface area (Å²) in [6, 6.07) is 6.83. The van der Waals surface area contributed by atoms with Gasteiger partial charge in [-0.1, -0.05) is 83.1 Å². The first-order valence-corrected chi connectivity index (χ1v) is 13.5. The molecule has 0 spiro atoms. The van der Waals surface area contributed by atoms with E-state index in [0.29, 0.717) is 35.5 Å². The summed E-state index contributed by atoms with van der Waals surface area (Å²) < 4.78 is 6.62. The maximum absolute atomic E-state index is 5.26. The Morgan fingerprint density at radius 2 is 0.686 bits per heavy atom. The van der Waals surface area contributed by atoms with Crippen LogP contribution in [0.25, 0.3) is 0 Å². The quantitative estimate of drug-likeness (QED) is 0.315. The van der Waals surface area contributed by atoms with E-state index in [9.17, 15) is 0 Å². The van der Waals surface area contributed by atoms with E-state index in [1.54, 1.807) is 0 Å². The van der Waals surface area contributed by atoms with Crippen molar-refractivity contribution in [1.29, 1.82) is 0 Å². The van der Waals surface area contributed by atoms with E-state index in [2.05, 4.69) is 122 Å². The van der Waals surface area contributed by atoms with E-state index < -0.39 is 5.79 Å². The fraction of sp³-hybridized carbons (Fsp3) is 0.690. The largest absolute Gasteiger partial charge is 0.246 e. The molecule has 0 aromatic carbocycles. The summed E-state index contributed by atoms with van der Waals surface area (Å²) in [6.07, 6.45) is 0. The first-order chi connectivity index (χ1) is 16.2. The number of hydrogen-bond donors (Lipinski definition) is 0. The Morgan fingerprint density at radius 3 is 0.857 bits per heavy atom. The highest BCUT2D eigenvalue weighted by Gasteiger charge is 2.41. The molecule has 0 radical (unpaired) electrons. The second kappa shape index (κ2) is 9.94. The normalized spacial score (nSPS) is 13.1. The van der Waals surface area contributed by atoms with Gasteiger partial charge in [-0.2, -0.15) is 15.3 Å². The lowest BCUT2D eigenvalue weighted by atomic mass is 10.0. The highest BCUT2D eigenvalue weighted by atomic mass is 15.6. The third kappa shape index (κ3) is 4.85. The summed E-state index contributed by atoms with van der Waals surface area (Å²) >= 11 is 0. The molecule has 3 heterocycles. The molecule has 0 aliphatic rings. The zero-order valence-electron chi connectivity index (χ0n) is 24.4. The smallest absolute Gasteiger partial charge is 0.221 e. The van der Waals surface area contributed by atoms with Crippen LogP contribution < -0.4 is 0 Å². The molecular formula is C29H48N6. The molecule has 0 fully saturated rings. The molecule has 0 unspecified atom stereocenters. The van der Waals surface area contributed by atoms with E-state index in [0.717, 1.165) is 17.1 Å². The van der Waals surface area contributed by atoms with Gasteiger partial charge in [-0.15, -0.1) is 0 Å². The van der Waals surface area contributed by atoms with Crippen LogP contribution in [-0.4, -0.2) is 29.3 Å². The van der Waals surface area contributed by atoms with Gasteiger partial charge in [-0.3, -0.25) is 0 Å². The van der Waals surface area contributed by atoms with Crippen molar-refractivity contribution in [2.45, 2.75) is 131 Å². The summed E-state index contributed by atoms with van der Waals surface area (Å²) in [6.45, 7) is 29.0. The summed E-state index contributed by atoms with van der Waals surface area (Å²) in [5.74, 6) is 1.14. The Morgan fingerprint density at radius 1 is 0.457 bits per heavy atom. The molecule has 3 rings (SSSR count). The molecule has 6 heteroatoms. The third-order valence-corrected chi connectivity index (χ3v) is 7.02. The zero-order chi connectivity index (χ0) is 26.4. The Labute approximate surface area is 213 Å². The van der Waals surface area contributed by atoms with Crippen LogP contribution in [0.3, 0.4) is 0 Å². The first kappa shape index (κ1) is 27.2. The maximum atomic E-state index is 5.26. The topological polar surface area (TPSA) is 53.5 Å². The zero-order valence-corrected chi connectivity index (χ0v) is 24.4. The third-order valence-electron chi connectivity index (χ3n) is 7.02. The van der Waals surface area contributed by atoms with Crippen LogP contribution in [0.4, 0.5) is 0 Å². The Hall–Kier alpha value is -2.37. The van der Waals surface area contributed by atoms with Crippen molar-refractivity contribution in [1.82, 2.24) is 29.3 Å². The van der Waals surface area contributed by atoms with Gasteiger partial charge in [0.25, 0.3) is 0 Å². The average Bonchev–Trinajstić information content (AvgIpc) is 3.49. The SMILES string of the molecule is CC(C)c1cc(C(C)C)n(C(C)(n2nc(C(C)C)cc2C(C)C)n2nc(C(C)C)cc2C(C)C)n1. The molecule has 3 aromatic rings. The molecule has 0 saturated heterocycles. The van der Waals surface area contributed by atoms with Crippen molar-refractivity contribution < 1.29 is 0 Å². The summed E-state index contributed by atoms with van der Waals surface area (Å²) in [5.41, 5.74) is 6.90. The van der Waals surface area contributed by atoms with E-state index in [4.69, 9.17) is 15.3 Å². The summed E-state index contributed by atoms with van der Waals surface area (Å²) in [4.78, 5) is 0. The lowest BCUT2D eigenvalue weighted by Crippen LogP contribution is -2.50. The van der Waals surface area contributed by atoms with Crippen LogP contribution >= 0.6 is 0 Å². The van der Waals surface area contributed by atoms with Crippen LogP contribution in [0, 0.1) is 0 Å². The molecule has 0 N–H and O–H groups in total. The lowest BCUT2D eigenvalue weighted by molar-refractivity contribution is 0.121. The molecule has 0 amide bonds. The maximum Gasteiger partial charge on any atom is 0.246 e. The van der Waals surface area contributed by atoms with Gasteiger partial charge < -0.3 is 0 Å². The van der Waals surface area contributed by atoms with Crippen molar-refractivity contribution in [3.05, 3.63) is 52.4 Å². The van der Waals surface area contributed by atoms with Crippen LogP contribution in [-0.2, 0) is 5.79 Å². The number of hydrogen-bond acceptors (Lipinski definition) is 3. The van der Waals surface area contributed by atoms with E-state index in [1.807, 2.05) is 0 Å². The minimum atomic E-state index is -0.772. The van der Waals surface area contributed by atoms with Crippen molar-refractivity contribution >= 4 is 0 Å². The number of aromatic nitrogens is 6. The highest BCUT2D eigenvalue weighted by molar-refractivity contribution is 5.25. The highest BCUT2D eigenvalue weighted by Crippen LogP contribution is 2.36. The molecule has 194 valence electrons. The van der Waals surface area contributed by atoms with Crippen molar-refractivity contribution in [3.63, 3.8) is 0 Å². The van der Waals surface area contributed by atoms with Gasteiger partial charge in [0, 0.05) is 24.0 Å². The van der Waals surface area contributed by atoms with Crippen LogP contribution in [0.2, 0.25) is 0 Å². The molecule has 0 saturated carbocycles. The molecule has 35 heavy (non-hydrogen) atoms. The Balaban J connectivity index is 2.51. The first-order valence-electron chi connectivity index (χ1n) is 13.5. The Bertz CT molecular complexity index is 995. The van der Waals surface area contributed by atoms with Crippen molar-refractivity contribution in [2.75, 3.05) is 0 Å². The van der Waals surface area contributed by atoms with Gasteiger partial charge in [0.15, 0.2) is 0 Å². The molecule has 3 aromatic heterocycles. The van der Waals surface area contributed by atoms with Gasteiger partial charge in [-0.05, 0) is 53.7 Å². The van der Waals surface area contributed by atoms with E-state index >= 15 is 0 Å². The van der Waals surface area contributed by atoms with Gasteiger partial charge in [0.2, 0.25) is 5.79 Å². The fourth-order valence-electron chi connectivity index (χ4n) is 4.61. The van der Waals surface area contributed by atoms with Gasteiger partial charge in [0.05, 0.1) is 17.1 Å². The molecule has 0 bridgehead atoms. The fourth-order valence-corrected chi connectivity index (χ4v) is 4.61. The predicted octanol–water partition coefficient (Wildman–Crippen LogP) is 7.74. The van der Waals surface area contributed by atoms with Gasteiger partial charge in [-0.25, -0.2) is 14.0 Å². The number of nitrogens with zero attached hydrogens (tertiary/aromatic N) is 6. The van der Waals surface area contributed by atoms with Crippen LogP contribution in [0.5, 0.6) is 0 Å². The average molecular weight is 481 g/mol. The van der Waals surface area contributed by atoms with Crippen LogP contribution in [0.1, 0.15) is 160 Å². The van der Waals surface area contributed by atoms with Crippen LogP contribution in [0.15, 0.2) is 18.2 Å².